The van der Waals surface area contributed by atoms with Crippen LogP contribution in [0.2, 0.25) is 5.02 Å². The van der Waals surface area contributed by atoms with Gasteiger partial charge in [-0.15, -0.1) is 0 Å². The summed E-state index contributed by atoms with van der Waals surface area (Å²) >= 11 is 9.21. The number of benzene rings is 1. The van der Waals surface area contributed by atoms with Crippen molar-refractivity contribution >= 4 is 33.3 Å². The third-order valence-corrected chi connectivity index (χ3v) is 2.93. The lowest BCUT2D eigenvalue weighted by atomic mass is 10.1. The van der Waals surface area contributed by atoms with Gasteiger partial charge in [-0.05, 0) is 30.3 Å². The second-order valence-electron chi connectivity index (χ2n) is 3.58. The Labute approximate surface area is 113 Å². The molecule has 0 amide bonds. The van der Waals surface area contributed by atoms with E-state index < -0.39 is 0 Å². The van der Waals surface area contributed by atoms with Gasteiger partial charge in [0.2, 0.25) is 0 Å². The molecular formula is C13H9BrClNO. The molecule has 2 rings (SSSR count). The van der Waals surface area contributed by atoms with Crippen molar-refractivity contribution in [3.05, 3.63) is 63.3 Å². The first-order valence-corrected chi connectivity index (χ1v) is 6.21. The molecule has 1 aromatic carbocycles. The zero-order valence-corrected chi connectivity index (χ0v) is 11.2. The van der Waals surface area contributed by atoms with Crippen LogP contribution in [0.25, 0.3) is 0 Å². The number of carbonyl (C=O) groups is 1. The highest BCUT2D eigenvalue weighted by molar-refractivity contribution is 9.10. The number of Topliss-reactive ketones (excluding diaryl/α,β-unsaturated/α-hetero) is 1. The predicted octanol–water partition coefficient (Wildman–Crippen LogP) is 3.92. The molecular weight excluding hydrogens is 302 g/mol. The quantitative estimate of drug-likeness (QED) is 0.804. The van der Waals surface area contributed by atoms with Crippen molar-refractivity contribution in [2.45, 2.75) is 6.42 Å². The van der Waals surface area contributed by atoms with E-state index in [1.54, 1.807) is 24.4 Å². The number of ketones is 1. The second-order valence-corrected chi connectivity index (χ2v) is 4.93. The van der Waals surface area contributed by atoms with Crippen molar-refractivity contribution in [2.24, 2.45) is 0 Å². The van der Waals surface area contributed by atoms with Crippen molar-refractivity contribution in [3.63, 3.8) is 0 Å². The molecule has 2 aromatic rings. The fourth-order valence-corrected chi connectivity index (χ4v) is 2.34. The summed E-state index contributed by atoms with van der Waals surface area (Å²) in [6.45, 7) is 0. The Balaban J connectivity index is 2.20. The number of hydrogen-bond donors (Lipinski definition) is 0. The van der Waals surface area contributed by atoms with Crippen LogP contribution < -0.4 is 0 Å². The first kappa shape index (κ1) is 12.3. The van der Waals surface area contributed by atoms with Gasteiger partial charge in [0.15, 0.2) is 5.78 Å². The van der Waals surface area contributed by atoms with Crippen molar-refractivity contribution in [3.8, 4) is 0 Å². The van der Waals surface area contributed by atoms with Crippen molar-refractivity contribution in [2.75, 3.05) is 0 Å². The molecule has 4 heteroatoms. The third-order valence-electron chi connectivity index (χ3n) is 2.25. The fraction of sp³-hybridized carbons (Fsp3) is 0.0769. The number of halogens is 2. The van der Waals surface area contributed by atoms with Crippen LogP contribution in [0.3, 0.4) is 0 Å². The lowest BCUT2D eigenvalue weighted by molar-refractivity contribution is 0.0992. The Kier molecular flexibility index (Phi) is 3.92. The molecule has 86 valence electrons. The molecule has 0 aliphatic heterocycles. The summed E-state index contributed by atoms with van der Waals surface area (Å²) in [6.07, 6.45) is 1.96. The number of carbonyl (C=O) groups excluding carboxylic acids is 1. The Morgan fingerprint density at radius 1 is 1.29 bits per heavy atom. The molecule has 1 heterocycles. The van der Waals surface area contributed by atoms with E-state index in [1.807, 2.05) is 18.2 Å². The molecule has 0 unspecified atom stereocenters. The van der Waals surface area contributed by atoms with Gasteiger partial charge < -0.3 is 0 Å². The summed E-state index contributed by atoms with van der Waals surface area (Å²) in [7, 11) is 0. The highest BCUT2D eigenvalue weighted by atomic mass is 79.9. The van der Waals surface area contributed by atoms with Crippen LogP contribution in [0, 0.1) is 0 Å². The topological polar surface area (TPSA) is 30.0 Å². The number of nitrogens with zero attached hydrogens (tertiary/aromatic N) is 1. The Hall–Kier alpha value is -1.19. The minimum atomic E-state index is 0.00639. The normalized spacial score (nSPS) is 10.2. The molecule has 0 fully saturated rings. The van der Waals surface area contributed by atoms with Crippen molar-refractivity contribution in [1.29, 1.82) is 0 Å². The van der Waals surface area contributed by atoms with Gasteiger partial charge in [-0.25, -0.2) is 0 Å². The highest BCUT2D eigenvalue weighted by Gasteiger charge is 2.09. The fourth-order valence-electron chi connectivity index (χ4n) is 1.48. The minimum absolute atomic E-state index is 0.00639. The molecule has 0 spiro atoms. The molecule has 0 radical (unpaired) electrons. The predicted molar refractivity (Wildman–Crippen MR) is 71.4 cm³/mol. The maximum atomic E-state index is 12.0. The maximum Gasteiger partial charge on any atom is 0.168 e. The molecule has 17 heavy (non-hydrogen) atoms. The van der Waals surface area contributed by atoms with E-state index >= 15 is 0 Å². The van der Waals surface area contributed by atoms with E-state index in [9.17, 15) is 4.79 Å². The van der Waals surface area contributed by atoms with Crippen LogP contribution in [0.1, 0.15) is 16.1 Å². The average molecular weight is 311 g/mol. The van der Waals surface area contributed by atoms with Crippen molar-refractivity contribution < 1.29 is 4.79 Å². The van der Waals surface area contributed by atoms with Gasteiger partial charge in [-0.2, -0.15) is 0 Å². The van der Waals surface area contributed by atoms with E-state index in [0.717, 1.165) is 10.2 Å². The lowest BCUT2D eigenvalue weighted by Crippen LogP contribution is -2.04. The van der Waals surface area contributed by atoms with Gasteiger partial charge in [0, 0.05) is 26.9 Å². The van der Waals surface area contributed by atoms with Crippen LogP contribution in [0.15, 0.2) is 47.1 Å². The summed E-state index contributed by atoms with van der Waals surface area (Å²) in [4.78, 5) is 16.1. The molecule has 1 aromatic heterocycles. The lowest BCUT2D eigenvalue weighted by Gasteiger charge is -2.02. The summed E-state index contributed by atoms with van der Waals surface area (Å²) < 4.78 is 0.800. The second kappa shape index (κ2) is 5.43. The first-order chi connectivity index (χ1) is 8.15. The number of pyridine rings is 1. The van der Waals surface area contributed by atoms with Crippen LogP contribution in [0.4, 0.5) is 0 Å². The Bertz CT molecular complexity index is 522. The standard InChI is InChI=1S/C13H9BrClNO/c14-10-5-9(6-11(15)7-10)13(17)8-12-3-1-2-4-16-12/h1-7H,8H2. The third kappa shape index (κ3) is 3.38. The van der Waals surface area contributed by atoms with Gasteiger partial charge >= 0.3 is 0 Å². The van der Waals surface area contributed by atoms with E-state index in [1.165, 1.54) is 0 Å². The average Bonchev–Trinajstić information content (AvgIpc) is 2.29. The zero-order valence-electron chi connectivity index (χ0n) is 8.86. The largest absolute Gasteiger partial charge is 0.294 e. The van der Waals surface area contributed by atoms with Crippen molar-refractivity contribution in [1.82, 2.24) is 4.98 Å². The number of aromatic nitrogens is 1. The zero-order chi connectivity index (χ0) is 12.3. The van der Waals surface area contributed by atoms with Crippen LogP contribution >= 0.6 is 27.5 Å². The van der Waals surface area contributed by atoms with Gasteiger partial charge in [0.1, 0.15) is 0 Å². The first-order valence-electron chi connectivity index (χ1n) is 5.04. The van der Waals surface area contributed by atoms with Crippen LogP contribution in [0.5, 0.6) is 0 Å². The molecule has 0 aliphatic rings. The van der Waals surface area contributed by atoms with E-state index in [-0.39, 0.29) is 12.2 Å². The van der Waals surface area contributed by atoms with E-state index in [0.29, 0.717) is 10.6 Å². The number of rotatable bonds is 3. The van der Waals surface area contributed by atoms with Gasteiger partial charge in [0.05, 0.1) is 6.42 Å². The van der Waals surface area contributed by atoms with E-state index in [2.05, 4.69) is 20.9 Å². The molecule has 0 N–H and O–H groups in total. The van der Waals surface area contributed by atoms with Gasteiger partial charge in [0.25, 0.3) is 0 Å². The summed E-state index contributed by atoms with van der Waals surface area (Å²) in [5.74, 6) is 0.00639. The van der Waals surface area contributed by atoms with Gasteiger partial charge in [-0.1, -0.05) is 33.6 Å². The summed E-state index contributed by atoms with van der Waals surface area (Å²) in [5.41, 5.74) is 1.35. The summed E-state index contributed by atoms with van der Waals surface area (Å²) in [6, 6.07) is 10.7. The Morgan fingerprint density at radius 2 is 2.12 bits per heavy atom. The maximum absolute atomic E-state index is 12.0. The number of hydrogen-bond acceptors (Lipinski definition) is 2. The van der Waals surface area contributed by atoms with Crippen LogP contribution in [-0.2, 0) is 6.42 Å². The smallest absolute Gasteiger partial charge is 0.168 e. The molecule has 0 saturated carbocycles. The summed E-state index contributed by atoms with van der Waals surface area (Å²) in [5, 5.41) is 0.545. The SMILES string of the molecule is O=C(Cc1ccccn1)c1cc(Cl)cc(Br)c1. The molecule has 0 saturated heterocycles. The molecule has 0 atom stereocenters. The van der Waals surface area contributed by atoms with Gasteiger partial charge in [-0.3, -0.25) is 9.78 Å². The molecule has 0 bridgehead atoms. The van der Waals surface area contributed by atoms with Crippen LogP contribution in [-0.4, -0.2) is 10.8 Å². The monoisotopic (exact) mass is 309 g/mol. The molecule has 0 aliphatic carbocycles. The molecule has 2 nitrogen and oxygen atoms in total. The Morgan fingerprint density at radius 3 is 2.76 bits per heavy atom. The highest BCUT2D eigenvalue weighted by Crippen LogP contribution is 2.20. The van der Waals surface area contributed by atoms with E-state index in [4.69, 9.17) is 11.6 Å². The minimum Gasteiger partial charge on any atom is -0.294 e.